The first-order valence-electron chi connectivity index (χ1n) is 10.3. The zero-order chi connectivity index (χ0) is 24.8. The SMILES string of the molecule is O=C(COc1ccc(Cl)cc1)NCc1nnc(SCc2ccc(F)cc2)n1-c1cc(Cl)ccc1Cl. The van der Waals surface area contributed by atoms with Crippen LogP contribution in [0.15, 0.2) is 71.9 Å². The number of thioether (sulfide) groups is 1. The fourth-order valence-electron chi connectivity index (χ4n) is 3.04. The van der Waals surface area contributed by atoms with Gasteiger partial charge in [-0.25, -0.2) is 4.39 Å². The van der Waals surface area contributed by atoms with Crippen molar-refractivity contribution in [3.63, 3.8) is 0 Å². The average molecular weight is 552 g/mol. The lowest BCUT2D eigenvalue weighted by Gasteiger charge is -2.13. The first kappa shape index (κ1) is 25.3. The van der Waals surface area contributed by atoms with E-state index in [-0.39, 0.29) is 24.9 Å². The monoisotopic (exact) mass is 550 g/mol. The molecule has 3 aromatic carbocycles. The van der Waals surface area contributed by atoms with Gasteiger partial charge in [0.2, 0.25) is 0 Å². The van der Waals surface area contributed by atoms with Gasteiger partial charge < -0.3 is 10.1 Å². The molecule has 4 aromatic rings. The number of aromatic nitrogens is 3. The van der Waals surface area contributed by atoms with Crippen molar-refractivity contribution >= 4 is 52.5 Å². The Morgan fingerprint density at radius 2 is 1.69 bits per heavy atom. The van der Waals surface area contributed by atoms with Crippen LogP contribution in [0.2, 0.25) is 15.1 Å². The van der Waals surface area contributed by atoms with Crippen molar-refractivity contribution in [2.24, 2.45) is 0 Å². The average Bonchev–Trinajstić information content (AvgIpc) is 3.26. The van der Waals surface area contributed by atoms with E-state index in [1.807, 2.05) is 0 Å². The van der Waals surface area contributed by atoms with Crippen LogP contribution in [0, 0.1) is 5.82 Å². The van der Waals surface area contributed by atoms with E-state index in [1.54, 1.807) is 59.2 Å². The third-order valence-electron chi connectivity index (χ3n) is 4.76. The summed E-state index contributed by atoms with van der Waals surface area (Å²) in [6, 6.07) is 18.0. The summed E-state index contributed by atoms with van der Waals surface area (Å²) in [4.78, 5) is 12.4. The number of hydrogen-bond donors (Lipinski definition) is 1. The van der Waals surface area contributed by atoms with Crippen molar-refractivity contribution in [2.45, 2.75) is 17.5 Å². The predicted molar refractivity (Wildman–Crippen MR) is 136 cm³/mol. The van der Waals surface area contributed by atoms with Gasteiger partial charge in [-0.3, -0.25) is 9.36 Å². The maximum absolute atomic E-state index is 13.2. The largest absolute Gasteiger partial charge is 0.484 e. The summed E-state index contributed by atoms with van der Waals surface area (Å²) in [6.45, 7) is -0.102. The van der Waals surface area contributed by atoms with Gasteiger partial charge in [-0.05, 0) is 60.2 Å². The summed E-state index contributed by atoms with van der Waals surface area (Å²) in [6.07, 6.45) is 0. The number of nitrogens with zero attached hydrogens (tertiary/aromatic N) is 3. The molecule has 0 aliphatic rings. The maximum atomic E-state index is 13.2. The Bertz CT molecular complexity index is 1320. The lowest BCUT2D eigenvalue weighted by Crippen LogP contribution is -2.29. The van der Waals surface area contributed by atoms with Crippen LogP contribution in [0.25, 0.3) is 5.69 Å². The molecule has 180 valence electrons. The molecule has 11 heteroatoms. The summed E-state index contributed by atoms with van der Waals surface area (Å²) in [5.74, 6) is 0.865. The Balaban J connectivity index is 1.49. The van der Waals surface area contributed by atoms with Crippen LogP contribution >= 0.6 is 46.6 Å². The van der Waals surface area contributed by atoms with Crippen molar-refractivity contribution in [3.8, 4) is 11.4 Å². The second-order valence-electron chi connectivity index (χ2n) is 7.26. The van der Waals surface area contributed by atoms with E-state index in [1.165, 1.54) is 23.9 Å². The molecular weight excluding hydrogens is 534 g/mol. The van der Waals surface area contributed by atoms with Crippen LogP contribution < -0.4 is 10.1 Å². The van der Waals surface area contributed by atoms with Crippen LogP contribution in [0.3, 0.4) is 0 Å². The molecule has 6 nitrogen and oxygen atoms in total. The van der Waals surface area contributed by atoms with Crippen LogP contribution in [0.5, 0.6) is 5.75 Å². The normalized spacial score (nSPS) is 10.9. The number of rotatable bonds is 9. The minimum atomic E-state index is -0.341. The van der Waals surface area contributed by atoms with Crippen LogP contribution in [-0.4, -0.2) is 27.3 Å². The minimum Gasteiger partial charge on any atom is -0.484 e. The Kier molecular flexibility index (Phi) is 8.51. The second kappa shape index (κ2) is 11.8. The molecule has 0 atom stereocenters. The van der Waals surface area contributed by atoms with Gasteiger partial charge in [0.25, 0.3) is 5.91 Å². The van der Waals surface area contributed by atoms with Gasteiger partial charge in [0, 0.05) is 15.8 Å². The van der Waals surface area contributed by atoms with Gasteiger partial charge in [0.05, 0.1) is 17.3 Å². The zero-order valence-electron chi connectivity index (χ0n) is 18.1. The molecule has 1 N–H and O–H groups in total. The quantitative estimate of drug-likeness (QED) is 0.245. The molecule has 1 aromatic heterocycles. The number of carbonyl (C=O) groups is 1. The first-order chi connectivity index (χ1) is 16.9. The van der Waals surface area contributed by atoms with Gasteiger partial charge >= 0.3 is 0 Å². The van der Waals surface area contributed by atoms with E-state index in [2.05, 4.69) is 15.5 Å². The highest BCUT2D eigenvalue weighted by Crippen LogP contribution is 2.31. The van der Waals surface area contributed by atoms with Crippen molar-refractivity contribution < 1.29 is 13.9 Å². The van der Waals surface area contributed by atoms with Gasteiger partial charge in [0.15, 0.2) is 17.6 Å². The number of nitrogens with one attached hydrogen (secondary N) is 1. The number of carbonyl (C=O) groups excluding carboxylic acids is 1. The third-order valence-corrected chi connectivity index (χ3v) is 6.56. The molecule has 1 amide bonds. The summed E-state index contributed by atoms with van der Waals surface area (Å²) in [5.41, 5.74) is 1.49. The molecule has 0 saturated carbocycles. The number of benzene rings is 3. The second-order valence-corrected chi connectivity index (χ2v) is 9.49. The summed E-state index contributed by atoms with van der Waals surface area (Å²) < 4.78 is 20.4. The Hall–Kier alpha value is -2.78. The topological polar surface area (TPSA) is 69.0 Å². The molecular formula is C24H18Cl3FN4O2S. The third kappa shape index (κ3) is 6.89. The lowest BCUT2D eigenvalue weighted by atomic mass is 10.2. The fourth-order valence-corrected chi connectivity index (χ4v) is 4.46. The summed E-state index contributed by atoms with van der Waals surface area (Å²) in [5, 5.41) is 13.4. The predicted octanol–water partition coefficient (Wildman–Crippen LogP) is 6.35. The number of ether oxygens (including phenoxy) is 1. The Morgan fingerprint density at radius 1 is 0.971 bits per heavy atom. The van der Waals surface area contributed by atoms with Crippen molar-refractivity contribution in [3.05, 3.63) is 99.0 Å². The molecule has 4 rings (SSSR count). The molecule has 0 aliphatic carbocycles. The van der Waals surface area contributed by atoms with Crippen molar-refractivity contribution in [1.82, 2.24) is 20.1 Å². The van der Waals surface area contributed by atoms with E-state index in [4.69, 9.17) is 39.5 Å². The highest BCUT2D eigenvalue weighted by Gasteiger charge is 2.18. The first-order valence-corrected chi connectivity index (χ1v) is 12.4. The van der Waals surface area contributed by atoms with Crippen LogP contribution in [0.1, 0.15) is 11.4 Å². The van der Waals surface area contributed by atoms with Crippen LogP contribution in [0.4, 0.5) is 4.39 Å². The standard InChI is InChI=1S/C24H18Cl3FN4O2S/c25-16-3-8-19(9-4-16)34-13-23(33)29-12-22-30-31-24(35-14-15-1-6-18(28)7-2-15)32(22)21-11-17(26)5-10-20(21)27/h1-11H,12-14H2,(H,29,33). The molecule has 35 heavy (non-hydrogen) atoms. The molecule has 0 bridgehead atoms. The molecule has 0 aliphatic heterocycles. The molecule has 0 radical (unpaired) electrons. The molecule has 1 heterocycles. The number of hydrogen-bond acceptors (Lipinski definition) is 5. The van der Waals surface area contributed by atoms with Gasteiger partial charge in [-0.15, -0.1) is 10.2 Å². The number of halogens is 4. The van der Waals surface area contributed by atoms with E-state index in [0.717, 1.165) is 5.56 Å². The zero-order valence-corrected chi connectivity index (χ0v) is 21.1. The lowest BCUT2D eigenvalue weighted by molar-refractivity contribution is -0.123. The summed E-state index contributed by atoms with van der Waals surface area (Å²) in [7, 11) is 0. The smallest absolute Gasteiger partial charge is 0.258 e. The van der Waals surface area contributed by atoms with Gasteiger partial charge in [-0.2, -0.15) is 0 Å². The molecule has 0 spiro atoms. The van der Waals surface area contributed by atoms with E-state index < -0.39 is 0 Å². The minimum absolute atomic E-state index is 0.0791. The van der Waals surface area contributed by atoms with E-state index >= 15 is 0 Å². The highest BCUT2D eigenvalue weighted by molar-refractivity contribution is 7.98. The Morgan fingerprint density at radius 3 is 2.43 bits per heavy atom. The van der Waals surface area contributed by atoms with Crippen molar-refractivity contribution in [1.29, 1.82) is 0 Å². The summed E-state index contributed by atoms with van der Waals surface area (Å²) >= 11 is 19.9. The molecule has 0 unspecified atom stereocenters. The van der Waals surface area contributed by atoms with Crippen molar-refractivity contribution in [2.75, 3.05) is 6.61 Å². The van der Waals surface area contributed by atoms with Gasteiger partial charge in [-0.1, -0.05) is 58.7 Å². The molecule has 0 saturated heterocycles. The maximum Gasteiger partial charge on any atom is 0.258 e. The van der Waals surface area contributed by atoms with Crippen LogP contribution in [-0.2, 0) is 17.1 Å². The fraction of sp³-hybridized carbons (Fsp3) is 0.125. The van der Waals surface area contributed by atoms with Gasteiger partial charge in [0.1, 0.15) is 11.6 Å². The molecule has 0 fully saturated rings. The van der Waals surface area contributed by atoms with E-state index in [0.29, 0.717) is 43.2 Å². The highest BCUT2D eigenvalue weighted by atomic mass is 35.5. The van der Waals surface area contributed by atoms with E-state index in [9.17, 15) is 9.18 Å². The number of amides is 1. The Labute approximate surface area is 220 Å².